The van der Waals surface area contributed by atoms with Gasteiger partial charge in [0.25, 0.3) is 0 Å². The smallest absolute Gasteiger partial charge is 0.0903 e. The van der Waals surface area contributed by atoms with E-state index >= 15 is 0 Å². The maximum atomic E-state index is 4.38. The first-order valence-corrected chi connectivity index (χ1v) is 5.80. The van der Waals surface area contributed by atoms with Crippen LogP contribution < -0.4 is 5.32 Å². The zero-order valence-corrected chi connectivity index (χ0v) is 10.1. The van der Waals surface area contributed by atoms with Crippen LogP contribution in [0.15, 0.2) is 6.08 Å². The summed E-state index contributed by atoms with van der Waals surface area (Å²) in [5.41, 5.74) is 1.13. The summed E-state index contributed by atoms with van der Waals surface area (Å²) in [4.78, 5) is 5.65. The largest absolute Gasteiger partial charge is 0.311 e. The molecule has 0 amide bonds. The number of aromatic nitrogens is 1. The first kappa shape index (κ1) is 11.4. The van der Waals surface area contributed by atoms with E-state index in [1.165, 1.54) is 4.88 Å². The third-order valence-corrected chi connectivity index (χ3v) is 3.04. The molecule has 1 unspecified atom stereocenters. The van der Waals surface area contributed by atoms with Crippen molar-refractivity contribution in [1.82, 2.24) is 10.3 Å². The van der Waals surface area contributed by atoms with E-state index in [0.717, 1.165) is 17.2 Å². The number of aryl methyl sites for hydroxylation is 2. The Labute approximate surface area is 90.1 Å². The molecule has 1 aromatic rings. The minimum atomic E-state index is 0.432. The summed E-state index contributed by atoms with van der Waals surface area (Å²) in [6.07, 6.45) is 4.34. The van der Waals surface area contributed by atoms with Crippen molar-refractivity contribution in [2.75, 3.05) is 6.54 Å². The van der Waals surface area contributed by atoms with Gasteiger partial charge in [-0.2, -0.15) is 0 Å². The Morgan fingerprint density at radius 1 is 1.50 bits per heavy atom. The van der Waals surface area contributed by atoms with Crippen molar-refractivity contribution in [2.24, 2.45) is 0 Å². The monoisotopic (exact) mass is 210 g/mol. The number of thiazole rings is 1. The molecule has 0 saturated carbocycles. The lowest BCUT2D eigenvalue weighted by atomic mass is 10.2. The molecule has 2 nitrogen and oxygen atoms in total. The Kier molecular flexibility index (Phi) is 4.29. The molecule has 0 saturated heterocycles. The van der Waals surface area contributed by atoms with Crippen molar-refractivity contribution in [3.05, 3.63) is 21.7 Å². The van der Waals surface area contributed by atoms with Gasteiger partial charge in [-0.15, -0.1) is 11.3 Å². The highest BCUT2D eigenvalue weighted by atomic mass is 32.1. The van der Waals surface area contributed by atoms with Gasteiger partial charge in [-0.25, -0.2) is 4.98 Å². The molecule has 0 fully saturated rings. The summed E-state index contributed by atoms with van der Waals surface area (Å²) in [5, 5.41) is 4.48. The summed E-state index contributed by atoms with van der Waals surface area (Å²) >= 11 is 1.75. The van der Waals surface area contributed by atoms with E-state index in [2.05, 4.69) is 43.2 Å². The van der Waals surface area contributed by atoms with Crippen molar-refractivity contribution >= 4 is 17.4 Å². The highest BCUT2D eigenvalue weighted by Crippen LogP contribution is 2.18. The molecule has 0 aliphatic heterocycles. The summed E-state index contributed by atoms with van der Waals surface area (Å²) in [5.74, 6) is 0. The van der Waals surface area contributed by atoms with E-state index in [1.54, 1.807) is 11.3 Å². The Balaban J connectivity index is 2.63. The van der Waals surface area contributed by atoms with Gasteiger partial charge in [-0.3, -0.25) is 0 Å². The Bertz CT molecular complexity index is 315. The zero-order valence-electron chi connectivity index (χ0n) is 9.29. The van der Waals surface area contributed by atoms with E-state index in [9.17, 15) is 0 Å². The first-order valence-electron chi connectivity index (χ1n) is 4.99. The number of rotatable bonds is 4. The standard InChI is InChI=1S/C11H18N2S/c1-5-12-8(2)6-7-11-9(3)13-10(4)14-11/h6-8,12H,5H2,1-4H3/b7-6+. The molecule has 78 valence electrons. The maximum Gasteiger partial charge on any atom is 0.0903 e. The predicted octanol–water partition coefficient (Wildman–Crippen LogP) is 2.77. The highest BCUT2D eigenvalue weighted by Gasteiger charge is 2.01. The van der Waals surface area contributed by atoms with E-state index in [0.29, 0.717) is 6.04 Å². The number of hydrogen-bond donors (Lipinski definition) is 1. The van der Waals surface area contributed by atoms with Crippen LogP contribution in [0.25, 0.3) is 6.08 Å². The van der Waals surface area contributed by atoms with E-state index in [1.807, 2.05) is 6.92 Å². The van der Waals surface area contributed by atoms with Crippen molar-refractivity contribution < 1.29 is 0 Å². The van der Waals surface area contributed by atoms with Crippen LogP contribution in [0.2, 0.25) is 0 Å². The minimum Gasteiger partial charge on any atom is -0.311 e. The molecule has 14 heavy (non-hydrogen) atoms. The van der Waals surface area contributed by atoms with Gasteiger partial charge in [-0.05, 0) is 33.4 Å². The number of nitrogens with one attached hydrogen (secondary N) is 1. The molecule has 1 N–H and O–H groups in total. The summed E-state index contributed by atoms with van der Waals surface area (Å²) in [6, 6.07) is 0.432. The van der Waals surface area contributed by atoms with Crippen molar-refractivity contribution in [1.29, 1.82) is 0 Å². The van der Waals surface area contributed by atoms with Gasteiger partial charge in [0.15, 0.2) is 0 Å². The Morgan fingerprint density at radius 2 is 2.21 bits per heavy atom. The fraction of sp³-hybridized carbons (Fsp3) is 0.545. The molecule has 3 heteroatoms. The SMILES string of the molecule is CCNC(C)/C=C/c1sc(C)nc1C. The van der Waals surface area contributed by atoms with Gasteiger partial charge in [-0.1, -0.05) is 13.0 Å². The number of hydrogen-bond acceptors (Lipinski definition) is 3. The van der Waals surface area contributed by atoms with Crippen LogP contribution in [0, 0.1) is 13.8 Å². The molecule has 0 aromatic carbocycles. The van der Waals surface area contributed by atoms with Crippen LogP contribution in [0.4, 0.5) is 0 Å². The number of likely N-dealkylation sites (N-methyl/N-ethyl adjacent to an activating group) is 1. The molecular formula is C11H18N2S. The highest BCUT2D eigenvalue weighted by molar-refractivity contribution is 7.12. The van der Waals surface area contributed by atoms with Gasteiger partial charge >= 0.3 is 0 Å². The molecule has 0 radical (unpaired) electrons. The van der Waals surface area contributed by atoms with E-state index in [-0.39, 0.29) is 0 Å². The summed E-state index contributed by atoms with van der Waals surface area (Å²) in [7, 11) is 0. The van der Waals surface area contributed by atoms with Crippen molar-refractivity contribution in [2.45, 2.75) is 33.7 Å². The fourth-order valence-electron chi connectivity index (χ4n) is 1.32. The average molecular weight is 210 g/mol. The normalized spacial score (nSPS) is 13.7. The second-order valence-corrected chi connectivity index (χ2v) is 4.62. The average Bonchev–Trinajstić information content (AvgIpc) is 2.42. The van der Waals surface area contributed by atoms with Crippen LogP contribution in [0.1, 0.15) is 29.4 Å². The zero-order chi connectivity index (χ0) is 10.6. The molecule has 1 heterocycles. The molecule has 0 aliphatic carbocycles. The van der Waals surface area contributed by atoms with Gasteiger partial charge in [0.05, 0.1) is 10.7 Å². The Hall–Kier alpha value is -0.670. The first-order chi connectivity index (χ1) is 6.63. The van der Waals surface area contributed by atoms with Gasteiger partial charge in [0, 0.05) is 10.9 Å². The second-order valence-electron chi connectivity index (χ2n) is 3.39. The van der Waals surface area contributed by atoms with Crippen LogP contribution in [-0.2, 0) is 0 Å². The molecule has 1 aromatic heterocycles. The second kappa shape index (κ2) is 5.27. The van der Waals surface area contributed by atoms with Crippen molar-refractivity contribution in [3.63, 3.8) is 0 Å². The molecule has 0 aliphatic rings. The molecule has 1 atom stereocenters. The molecule has 1 rings (SSSR count). The third-order valence-electron chi connectivity index (χ3n) is 2.00. The minimum absolute atomic E-state index is 0.432. The van der Waals surface area contributed by atoms with Gasteiger partial charge in [0.1, 0.15) is 0 Å². The van der Waals surface area contributed by atoms with Crippen LogP contribution in [-0.4, -0.2) is 17.6 Å². The van der Waals surface area contributed by atoms with Gasteiger partial charge < -0.3 is 5.32 Å². The lowest BCUT2D eigenvalue weighted by Crippen LogP contribution is -2.22. The van der Waals surface area contributed by atoms with Crippen LogP contribution in [0.5, 0.6) is 0 Å². The van der Waals surface area contributed by atoms with E-state index < -0.39 is 0 Å². The predicted molar refractivity (Wildman–Crippen MR) is 63.8 cm³/mol. The molecule has 0 spiro atoms. The molecular weight excluding hydrogens is 192 g/mol. The summed E-state index contributed by atoms with van der Waals surface area (Å²) < 4.78 is 0. The third kappa shape index (κ3) is 3.24. The van der Waals surface area contributed by atoms with Gasteiger partial charge in [0.2, 0.25) is 0 Å². The van der Waals surface area contributed by atoms with Crippen LogP contribution >= 0.6 is 11.3 Å². The van der Waals surface area contributed by atoms with E-state index in [4.69, 9.17) is 0 Å². The Morgan fingerprint density at radius 3 is 2.71 bits per heavy atom. The molecule has 0 bridgehead atoms. The quantitative estimate of drug-likeness (QED) is 0.826. The lowest BCUT2D eigenvalue weighted by Gasteiger charge is -2.04. The maximum absolute atomic E-state index is 4.38. The van der Waals surface area contributed by atoms with Crippen LogP contribution in [0.3, 0.4) is 0 Å². The topological polar surface area (TPSA) is 24.9 Å². The number of nitrogens with zero attached hydrogens (tertiary/aromatic N) is 1. The van der Waals surface area contributed by atoms with Crippen molar-refractivity contribution in [3.8, 4) is 0 Å². The summed E-state index contributed by atoms with van der Waals surface area (Å²) in [6.45, 7) is 9.38. The lowest BCUT2D eigenvalue weighted by molar-refractivity contribution is 0.663. The fourth-order valence-corrected chi connectivity index (χ4v) is 2.16.